The first-order valence-electron chi connectivity index (χ1n) is 10.1. The van der Waals surface area contributed by atoms with Gasteiger partial charge >= 0.3 is 0 Å². The van der Waals surface area contributed by atoms with Gasteiger partial charge in [-0.3, -0.25) is 14.4 Å². The highest BCUT2D eigenvalue weighted by molar-refractivity contribution is 6.00. The van der Waals surface area contributed by atoms with Gasteiger partial charge < -0.3 is 20.3 Å². The van der Waals surface area contributed by atoms with Crippen LogP contribution in [0.1, 0.15) is 42.6 Å². The number of hydrogen-bond acceptors (Lipinski definition) is 4. The summed E-state index contributed by atoms with van der Waals surface area (Å²) in [7, 11) is 0. The van der Waals surface area contributed by atoms with E-state index < -0.39 is 0 Å². The van der Waals surface area contributed by atoms with Crippen LogP contribution in [0, 0.1) is 0 Å². The van der Waals surface area contributed by atoms with Crippen molar-refractivity contribution in [1.29, 1.82) is 0 Å². The first kappa shape index (κ1) is 21.5. The molecule has 158 valence electrons. The average molecular weight is 409 g/mol. The van der Waals surface area contributed by atoms with Gasteiger partial charge in [-0.05, 0) is 62.2 Å². The molecule has 1 saturated heterocycles. The number of hydrogen-bond donors (Lipinski definition) is 2. The van der Waals surface area contributed by atoms with Gasteiger partial charge in [-0.15, -0.1) is 0 Å². The summed E-state index contributed by atoms with van der Waals surface area (Å²) in [6.45, 7) is 4.96. The van der Waals surface area contributed by atoms with Gasteiger partial charge in [0.05, 0.1) is 19.3 Å². The molecule has 0 unspecified atom stereocenters. The highest BCUT2D eigenvalue weighted by atomic mass is 16.5. The Hall–Kier alpha value is -3.19. The molecule has 0 aliphatic carbocycles. The zero-order valence-electron chi connectivity index (χ0n) is 17.3. The number of nitrogens with one attached hydrogen (secondary N) is 2. The van der Waals surface area contributed by atoms with Gasteiger partial charge in [0.1, 0.15) is 0 Å². The second-order valence-electron chi connectivity index (χ2n) is 7.49. The van der Waals surface area contributed by atoms with Crippen molar-refractivity contribution in [3.63, 3.8) is 0 Å². The topological polar surface area (TPSA) is 87.7 Å². The summed E-state index contributed by atoms with van der Waals surface area (Å²) in [5, 5.41) is 5.39. The van der Waals surface area contributed by atoms with Crippen molar-refractivity contribution in [2.45, 2.75) is 39.4 Å². The Morgan fingerprint density at radius 1 is 1.13 bits per heavy atom. The molecule has 2 N–H and O–H groups in total. The number of carbonyl (C=O) groups is 3. The van der Waals surface area contributed by atoms with Crippen LogP contribution in [0.3, 0.4) is 0 Å². The Morgan fingerprint density at radius 3 is 2.57 bits per heavy atom. The molecular weight excluding hydrogens is 382 g/mol. The Labute approximate surface area is 176 Å². The molecule has 2 aromatic rings. The predicted molar refractivity (Wildman–Crippen MR) is 115 cm³/mol. The van der Waals surface area contributed by atoms with Crippen LogP contribution in [0.15, 0.2) is 48.5 Å². The number of rotatable bonds is 8. The van der Waals surface area contributed by atoms with E-state index in [9.17, 15) is 14.4 Å². The van der Waals surface area contributed by atoms with Crippen molar-refractivity contribution >= 4 is 29.1 Å². The molecule has 0 saturated carbocycles. The fourth-order valence-corrected chi connectivity index (χ4v) is 3.18. The lowest BCUT2D eigenvalue weighted by atomic mass is 10.2. The van der Waals surface area contributed by atoms with Gasteiger partial charge in [-0.25, -0.2) is 0 Å². The molecule has 7 nitrogen and oxygen atoms in total. The summed E-state index contributed by atoms with van der Waals surface area (Å²) in [6.07, 6.45) is 1.54. The van der Waals surface area contributed by atoms with E-state index in [1.165, 1.54) is 0 Å². The predicted octanol–water partition coefficient (Wildman–Crippen LogP) is 3.11. The van der Waals surface area contributed by atoms with Crippen molar-refractivity contribution in [3.05, 3.63) is 59.7 Å². The van der Waals surface area contributed by atoms with Gasteiger partial charge in [0.25, 0.3) is 5.91 Å². The summed E-state index contributed by atoms with van der Waals surface area (Å²) < 4.78 is 5.57. The van der Waals surface area contributed by atoms with Gasteiger partial charge in [-0.1, -0.05) is 12.1 Å². The molecule has 2 aromatic carbocycles. The Bertz CT molecular complexity index is 909. The minimum absolute atomic E-state index is 0.101. The molecular formula is C23H27N3O4. The van der Waals surface area contributed by atoms with Gasteiger partial charge in [0.2, 0.25) is 11.8 Å². The number of amides is 3. The monoisotopic (exact) mass is 409 g/mol. The van der Waals surface area contributed by atoms with Crippen molar-refractivity contribution in [3.8, 4) is 0 Å². The number of nitrogens with zero attached hydrogens (tertiary/aromatic N) is 1. The smallest absolute Gasteiger partial charge is 0.251 e. The molecule has 1 aliphatic heterocycles. The molecule has 30 heavy (non-hydrogen) atoms. The Kier molecular flexibility index (Phi) is 7.19. The first-order valence-corrected chi connectivity index (χ1v) is 10.1. The van der Waals surface area contributed by atoms with Crippen LogP contribution < -0.4 is 15.5 Å². The lowest BCUT2D eigenvalue weighted by Gasteiger charge is -2.15. The van der Waals surface area contributed by atoms with E-state index in [2.05, 4.69) is 10.6 Å². The molecule has 0 radical (unpaired) electrons. The number of anilines is 2. The van der Waals surface area contributed by atoms with Crippen LogP contribution in [0.5, 0.6) is 0 Å². The van der Waals surface area contributed by atoms with Crippen LogP contribution in [-0.2, 0) is 20.9 Å². The molecule has 1 heterocycles. The van der Waals surface area contributed by atoms with Crippen molar-refractivity contribution in [2.75, 3.05) is 23.3 Å². The van der Waals surface area contributed by atoms with E-state index in [0.717, 1.165) is 17.7 Å². The number of benzene rings is 2. The fourth-order valence-electron chi connectivity index (χ4n) is 3.18. The maximum atomic E-state index is 12.3. The minimum atomic E-state index is -0.344. The third-order valence-corrected chi connectivity index (χ3v) is 4.72. The van der Waals surface area contributed by atoms with E-state index in [4.69, 9.17) is 4.74 Å². The highest BCUT2D eigenvalue weighted by Crippen LogP contribution is 2.21. The standard InChI is InChI=1S/C23H27N3O4/c1-16(2)30-15-17-5-3-6-19(13-17)25-21(27)14-24-23(29)18-8-10-20(11-9-18)26-12-4-7-22(26)28/h3,5-6,8-11,13,16H,4,7,12,14-15H2,1-2H3,(H,24,29)(H,25,27). The minimum Gasteiger partial charge on any atom is -0.374 e. The number of carbonyl (C=O) groups excluding carboxylic acids is 3. The third-order valence-electron chi connectivity index (χ3n) is 4.72. The third kappa shape index (κ3) is 5.90. The molecule has 1 aliphatic rings. The molecule has 0 atom stereocenters. The Morgan fingerprint density at radius 2 is 1.90 bits per heavy atom. The van der Waals surface area contributed by atoms with Crippen LogP contribution in [0.4, 0.5) is 11.4 Å². The number of ether oxygens (including phenoxy) is 1. The summed E-state index contributed by atoms with van der Waals surface area (Å²) in [6, 6.07) is 14.2. The molecule has 3 amide bonds. The van der Waals surface area contributed by atoms with Gasteiger partial charge in [0.15, 0.2) is 0 Å². The van der Waals surface area contributed by atoms with Gasteiger partial charge in [-0.2, -0.15) is 0 Å². The lowest BCUT2D eigenvalue weighted by molar-refractivity contribution is -0.117. The Balaban J connectivity index is 1.49. The molecule has 7 heteroatoms. The van der Waals surface area contributed by atoms with E-state index in [-0.39, 0.29) is 30.4 Å². The normalized spacial score (nSPS) is 13.6. The lowest BCUT2D eigenvalue weighted by Crippen LogP contribution is -2.33. The zero-order valence-corrected chi connectivity index (χ0v) is 17.3. The average Bonchev–Trinajstić information content (AvgIpc) is 3.17. The summed E-state index contributed by atoms with van der Waals surface area (Å²) >= 11 is 0. The van der Waals surface area contributed by atoms with Crippen LogP contribution in [0.2, 0.25) is 0 Å². The quantitative estimate of drug-likeness (QED) is 0.701. The maximum Gasteiger partial charge on any atom is 0.251 e. The van der Waals surface area contributed by atoms with E-state index in [0.29, 0.717) is 30.8 Å². The van der Waals surface area contributed by atoms with Crippen LogP contribution >= 0.6 is 0 Å². The van der Waals surface area contributed by atoms with Crippen LogP contribution in [-0.4, -0.2) is 36.9 Å². The van der Waals surface area contributed by atoms with Crippen molar-refractivity contribution in [1.82, 2.24) is 5.32 Å². The summed E-state index contributed by atoms with van der Waals surface area (Å²) in [5.41, 5.74) is 2.83. The van der Waals surface area contributed by atoms with Crippen molar-refractivity contribution in [2.24, 2.45) is 0 Å². The molecule has 1 fully saturated rings. The van der Waals surface area contributed by atoms with Crippen LogP contribution in [0.25, 0.3) is 0 Å². The van der Waals surface area contributed by atoms with E-state index in [1.807, 2.05) is 32.0 Å². The van der Waals surface area contributed by atoms with Crippen molar-refractivity contribution < 1.29 is 19.1 Å². The molecule has 3 rings (SSSR count). The second kappa shape index (κ2) is 10.0. The molecule has 0 spiro atoms. The SMILES string of the molecule is CC(C)OCc1cccc(NC(=O)CNC(=O)c2ccc(N3CCCC3=O)cc2)c1. The summed E-state index contributed by atoms with van der Waals surface area (Å²) in [5.74, 6) is -0.559. The van der Waals surface area contributed by atoms with E-state index >= 15 is 0 Å². The maximum absolute atomic E-state index is 12.3. The first-order chi connectivity index (χ1) is 14.4. The highest BCUT2D eigenvalue weighted by Gasteiger charge is 2.21. The molecule has 0 aromatic heterocycles. The largest absolute Gasteiger partial charge is 0.374 e. The second-order valence-corrected chi connectivity index (χ2v) is 7.49. The zero-order chi connectivity index (χ0) is 21.5. The van der Waals surface area contributed by atoms with Gasteiger partial charge in [0, 0.05) is 29.9 Å². The fraction of sp³-hybridized carbons (Fsp3) is 0.348. The summed E-state index contributed by atoms with van der Waals surface area (Å²) in [4.78, 5) is 38.0. The molecule has 0 bridgehead atoms. The van der Waals surface area contributed by atoms with E-state index in [1.54, 1.807) is 35.2 Å².